The lowest BCUT2D eigenvalue weighted by Gasteiger charge is -2.11. The van der Waals surface area contributed by atoms with Crippen LogP contribution in [-0.4, -0.2) is 23.5 Å². The number of hydrogen-bond donors (Lipinski definition) is 2. The third kappa shape index (κ3) is 2.74. The number of benzene rings is 2. The summed E-state index contributed by atoms with van der Waals surface area (Å²) in [6.07, 6.45) is -4.76. The van der Waals surface area contributed by atoms with Gasteiger partial charge < -0.3 is 14.8 Å². The first kappa shape index (κ1) is 12.7. The molecule has 18 heavy (non-hydrogen) atoms. The molecular weight excluding hydrogens is 248 g/mol. The van der Waals surface area contributed by atoms with E-state index in [9.17, 15) is 13.2 Å². The van der Waals surface area contributed by atoms with E-state index in [1.165, 1.54) is 30.3 Å². The molecule has 2 aromatic rings. The first-order valence-corrected chi connectivity index (χ1v) is 5.01. The van der Waals surface area contributed by atoms with Crippen LogP contribution in [0.4, 0.5) is 13.2 Å². The largest absolute Gasteiger partial charge is 0.573 e. The van der Waals surface area contributed by atoms with E-state index in [0.717, 1.165) is 0 Å². The van der Waals surface area contributed by atoms with Gasteiger partial charge in [0.05, 0.1) is 0 Å². The molecule has 0 amide bonds. The zero-order valence-electron chi connectivity index (χ0n) is 8.98. The highest BCUT2D eigenvalue weighted by Crippen LogP contribution is 2.29. The highest BCUT2D eigenvalue weighted by Gasteiger charge is 2.31. The molecule has 2 aromatic carbocycles. The Morgan fingerprint density at radius 2 is 1.78 bits per heavy atom. The summed E-state index contributed by atoms with van der Waals surface area (Å²) < 4.78 is 40.4. The maximum absolute atomic E-state index is 12.2. The first-order valence-electron chi connectivity index (χ1n) is 5.01. The molecule has 0 aromatic heterocycles. The van der Waals surface area contributed by atoms with E-state index in [-0.39, 0.29) is 16.6 Å². The van der Waals surface area contributed by atoms with Crippen LogP contribution in [-0.2, 0) is 0 Å². The highest BCUT2D eigenvalue weighted by atomic mass is 19.4. The fourth-order valence-corrected chi connectivity index (χ4v) is 1.65. The summed E-state index contributed by atoms with van der Waals surface area (Å²) in [5.41, 5.74) is 0.201. The minimum absolute atomic E-state index is 0.201. The summed E-state index contributed by atoms with van der Waals surface area (Å²) in [5, 5.41) is 18.6. The topological polar surface area (TPSA) is 49.7 Å². The lowest BCUT2D eigenvalue weighted by atomic mass is 9.79. The third-order valence-electron chi connectivity index (χ3n) is 2.39. The summed E-state index contributed by atoms with van der Waals surface area (Å²) in [7, 11) is -1.67. The summed E-state index contributed by atoms with van der Waals surface area (Å²) in [6, 6.07) is 8.23. The van der Waals surface area contributed by atoms with Crippen molar-refractivity contribution < 1.29 is 28.0 Å². The number of alkyl halides is 3. The van der Waals surface area contributed by atoms with E-state index in [2.05, 4.69) is 4.74 Å². The van der Waals surface area contributed by atoms with Crippen LogP contribution in [0.25, 0.3) is 10.8 Å². The summed E-state index contributed by atoms with van der Waals surface area (Å²) in [5.74, 6) is -0.320. The molecule has 0 saturated carbocycles. The molecule has 0 unspecified atom stereocenters. The van der Waals surface area contributed by atoms with E-state index in [1.54, 1.807) is 6.07 Å². The van der Waals surface area contributed by atoms with E-state index in [0.29, 0.717) is 5.39 Å². The van der Waals surface area contributed by atoms with Gasteiger partial charge in [0.15, 0.2) is 0 Å². The monoisotopic (exact) mass is 256 g/mol. The average molecular weight is 256 g/mol. The average Bonchev–Trinajstić information content (AvgIpc) is 2.26. The third-order valence-corrected chi connectivity index (χ3v) is 2.39. The molecule has 0 aliphatic carbocycles. The molecule has 0 aliphatic rings. The molecule has 2 N–H and O–H groups in total. The Labute approximate surface area is 101 Å². The van der Waals surface area contributed by atoms with E-state index >= 15 is 0 Å². The van der Waals surface area contributed by atoms with Gasteiger partial charge >= 0.3 is 13.5 Å². The summed E-state index contributed by atoms with van der Waals surface area (Å²) >= 11 is 0. The smallest absolute Gasteiger partial charge is 0.423 e. The minimum Gasteiger partial charge on any atom is -0.423 e. The molecule has 0 spiro atoms. The van der Waals surface area contributed by atoms with Crippen molar-refractivity contribution in [3.05, 3.63) is 36.4 Å². The van der Waals surface area contributed by atoms with Crippen LogP contribution in [0.2, 0.25) is 0 Å². The second kappa shape index (κ2) is 4.51. The first-order chi connectivity index (χ1) is 8.37. The molecule has 0 bridgehead atoms. The van der Waals surface area contributed by atoms with Gasteiger partial charge in [0.25, 0.3) is 0 Å². The van der Waals surface area contributed by atoms with Gasteiger partial charge in [-0.3, -0.25) is 0 Å². The maximum Gasteiger partial charge on any atom is 0.573 e. The lowest BCUT2D eigenvalue weighted by molar-refractivity contribution is -0.274. The summed E-state index contributed by atoms with van der Waals surface area (Å²) in [6.45, 7) is 0. The molecule has 0 heterocycles. The molecule has 0 fully saturated rings. The minimum atomic E-state index is -4.76. The molecular formula is C11H8BF3O3. The van der Waals surface area contributed by atoms with Crippen molar-refractivity contribution in [1.29, 1.82) is 0 Å². The second-order valence-corrected chi connectivity index (χ2v) is 3.66. The quantitative estimate of drug-likeness (QED) is 0.799. The fourth-order valence-electron chi connectivity index (χ4n) is 1.65. The van der Waals surface area contributed by atoms with Gasteiger partial charge in [-0.1, -0.05) is 30.3 Å². The van der Waals surface area contributed by atoms with Crippen molar-refractivity contribution >= 4 is 23.4 Å². The van der Waals surface area contributed by atoms with Crippen LogP contribution in [0.5, 0.6) is 5.75 Å². The lowest BCUT2D eigenvalue weighted by Crippen LogP contribution is -2.29. The SMILES string of the molecule is OB(O)c1ccc2c(OC(F)(F)F)cccc2c1. The number of ether oxygens (including phenoxy) is 1. The molecule has 7 heteroatoms. The van der Waals surface area contributed by atoms with Crippen molar-refractivity contribution in [2.24, 2.45) is 0 Å². The van der Waals surface area contributed by atoms with Crippen molar-refractivity contribution in [3.63, 3.8) is 0 Å². The Bertz CT molecular complexity index is 569. The van der Waals surface area contributed by atoms with Gasteiger partial charge in [0.1, 0.15) is 5.75 Å². The van der Waals surface area contributed by atoms with E-state index in [1.807, 2.05) is 0 Å². The predicted octanol–water partition coefficient (Wildman–Crippen LogP) is 1.42. The van der Waals surface area contributed by atoms with Crippen LogP contribution in [0, 0.1) is 0 Å². The molecule has 3 nitrogen and oxygen atoms in total. The van der Waals surface area contributed by atoms with Crippen molar-refractivity contribution in [2.75, 3.05) is 0 Å². The second-order valence-electron chi connectivity index (χ2n) is 3.66. The molecule has 0 saturated heterocycles. The van der Waals surface area contributed by atoms with Gasteiger partial charge in [-0.15, -0.1) is 13.2 Å². The van der Waals surface area contributed by atoms with Gasteiger partial charge in [0, 0.05) is 5.39 Å². The van der Waals surface area contributed by atoms with Crippen LogP contribution >= 0.6 is 0 Å². The van der Waals surface area contributed by atoms with Crippen molar-refractivity contribution in [3.8, 4) is 5.75 Å². The van der Waals surface area contributed by atoms with Crippen LogP contribution < -0.4 is 10.2 Å². The fraction of sp³-hybridized carbons (Fsp3) is 0.0909. The van der Waals surface area contributed by atoms with Crippen LogP contribution in [0.15, 0.2) is 36.4 Å². The molecule has 0 aliphatic heterocycles. The van der Waals surface area contributed by atoms with E-state index in [4.69, 9.17) is 10.0 Å². The van der Waals surface area contributed by atoms with Crippen LogP contribution in [0.3, 0.4) is 0 Å². The number of rotatable bonds is 2. The molecule has 2 rings (SSSR count). The van der Waals surface area contributed by atoms with Gasteiger partial charge in [-0.05, 0) is 16.9 Å². The number of hydrogen-bond acceptors (Lipinski definition) is 3. The summed E-state index contributed by atoms with van der Waals surface area (Å²) in [4.78, 5) is 0. The zero-order chi connectivity index (χ0) is 13.3. The molecule has 94 valence electrons. The van der Waals surface area contributed by atoms with Crippen molar-refractivity contribution in [2.45, 2.75) is 6.36 Å². The Morgan fingerprint density at radius 3 is 2.39 bits per heavy atom. The zero-order valence-corrected chi connectivity index (χ0v) is 8.98. The molecule has 0 radical (unpaired) electrons. The van der Waals surface area contributed by atoms with Gasteiger partial charge in [0.2, 0.25) is 0 Å². The van der Waals surface area contributed by atoms with Crippen LogP contribution in [0.1, 0.15) is 0 Å². The van der Waals surface area contributed by atoms with Crippen molar-refractivity contribution in [1.82, 2.24) is 0 Å². The molecule has 0 atom stereocenters. The number of halogens is 3. The number of fused-ring (bicyclic) bond motifs is 1. The normalized spacial score (nSPS) is 11.6. The van der Waals surface area contributed by atoms with E-state index < -0.39 is 13.5 Å². The Balaban J connectivity index is 2.50. The maximum atomic E-state index is 12.2. The van der Waals surface area contributed by atoms with Gasteiger partial charge in [-0.25, -0.2) is 0 Å². The Morgan fingerprint density at radius 1 is 1.06 bits per heavy atom. The Hall–Kier alpha value is -1.73. The highest BCUT2D eigenvalue weighted by molar-refractivity contribution is 6.58. The predicted molar refractivity (Wildman–Crippen MR) is 60.5 cm³/mol. The standard InChI is InChI=1S/C11H8BF3O3/c13-11(14,15)18-10-3-1-2-7-6-8(12(16)17)4-5-9(7)10/h1-6,16-17H. The van der Waals surface area contributed by atoms with Gasteiger partial charge in [-0.2, -0.15) is 0 Å². The Kier molecular flexibility index (Phi) is 3.19.